The van der Waals surface area contributed by atoms with E-state index in [4.69, 9.17) is 5.11 Å². The van der Waals surface area contributed by atoms with Gasteiger partial charge in [0, 0.05) is 10.6 Å². The summed E-state index contributed by atoms with van der Waals surface area (Å²) in [7, 11) is 0. The third-order valence-corrected chi connectivity index (χ3v) is 2.93. The van der Waals surface area contributed by atoms with Crippen molar-refractivity contribution in [2.24, 2.45) is 0 Å². The fourth-order valence-electron chi connectivity index (χ4n) is 1.06. The van der Waals surface area contributed by atoms with Crippen LogP contribution in [-0.2, 0) is 4.79 Å². The summed E-state index contributed by atoms with van der Waals surface area (Å²) in [6.07, 6.45) is 1.98. The van der Waals surface area contributed by atoms with Crippen LogP contribution in [0.5, 0.6) is 0 Å². The third kappa shape index (κ3) is 3.43. The van der Waals surface area contributed by atoms with Crippen molar-refractivity contribution in [1.29, 1.82) is 0 Å². The second kappa shape index (κ2) is 5.23. The number of anilines is 1. The highest BCUT2D eigenvalue weighted by molar-refractivity contribution is 7.98. The van der Waals surface area contributed by atoms with E-state index < -0.39 is 11.6 Å². The Morgan fingerprint density at radius 1 is 1.44 bits per heavy atom. The first-order valence-corrected chi connectivity index (χ1v) is 6.02. The van der Waals surface area contributed by atoms with Crippen LogP contribution in [-0.4, -0.2) is 34.6 Å². The first-order valence-electron chi connectivity index (χ1n) is 4.79. The second-order valence-electron chi connectivity index (χ2n) is 3.66. The van der Waals surface area contributed by atoms with Crippen molar-refractivity contribution in [2.45, 2.75) is 17.4 Å². The molecule has 5 heteroatoms. The predicted molar refractivity (Wildman–Crippen MR) is 65.0 cm³/mol. The summed E-state index contributed by atoms with van der Waals surface area (Å²) >= 11 is 1.63. The number of carbonyl (C=O) groups is 1. The standard InChI is InChI=1S/C11H15NO3S/c1-11(15,10(13)14)7-12-8-3-5-9(16-2)6-4-8/h3-6,12,15H,7H2,1-2H3,(H,13,14). The van der Waals surface area contributed by atoms with Crippen molar-refractivity contribution in [3.63, 3.8) is 0 Å². The van der Waals surface area contributed by atoms with E-state index in [1.54, 1.807) is 11.8 Å². The Labute approximate surface area is 98.7 Å². The monoisotopic (exact) mass is 241 g/mol. The Hall–Kier alpha value is -1.20. The highest BCUT2D eigenvalue weighted by atomic mass is 32.2. The van der Waals surface area contributed by atoms with Crippen molar-refractivity contribution >= 4 is 23.4 Å². The number of thioether (sulfide) groups is 1. The van der Waals surface area contributed by atoms with E-state index in [0.717, 1.165) is 10.6 Å². The van der Waals surface area contributed by atoms with Crippen molar-refractivity contribution < 1.29 is 15.0 Å². The average molecular weight is 241 g/mol. The summed E-state index contributed by atoms with van der Waals surface area (Å²) < 4.78 is 0. The number of aliphatic hydroxyl groups is 1. The van der Waals surface area contributed by atoms with Crippen LogP contribution >= 0.6 is 11.8 Å². The molecule has 0 aromatic heterocycles. The van der Waals surface area contributed by atoms with Gasteiger partial charge < -0.3 is 15.5 Å². The largest absolute Gasteiger partial charge is 0.479 e. The zero-order valence-electron chi connectivity index (χ0n) is 9.23. The van der Waals surface area contributed by atoms with Crippen molar-refractivity contribution in [3.05, 3.63) is 24.3 Å². The fourth-order valence-corrected chi connectivity index (χ4v) is 1.47. The molecular formula is C11H15NO3S. The van der Waals surface area contributed by atoms with Gasteiger partial charge in [0.2, 0.25) is 0 Å². The molecule has 0 amide bonds. The lowest BCUT2D eigenvalue weighted by molar-refractivity contribution is -0.155. The third-order valence-electron chi connectivity index (χ3n) is 2.19. The molecule has 0 bridgehead atoms. The SMILES string of the molecule is CSc1ccc(NCC(C)(O)C(=O)O)cc1. The molecule has 3 N–H and O–H groups in total. The lowest BCUT2D eigenvalue weighted by Gasteiger charge is -2.19. The zero-order chi connectivity index (χ0) is 12.2. The first kappa shape index (κ1) is 12.9. The Kier molecular flexibility index (Phi) is 4.20. The first-order chi connectivity index (χ1) is 7.45. The quantitative estimate of drug-likeness (QED) is 0.684. The van der Waals surface area contributed by atoms with Crippen LogP contribution < -0.4 is 5.32 Å². The van der Waals surface area contributed by atoms with E-state index in [2.05, 4.69) is 5.32 Å². The minimum absolute atomic E-state index is 0.0268. The molecule has 0 radical (unpaired) electrons. The molecule has 0 spiro atoms. The maximum atomic E-state index is 10.6. The predicted octanol–water partition coefficient (Wildman–Crippen LogP) is 1.66. The fraction of sp³-hybridized carbons (Fsp3) is 0.364. The molecule has 0 fully saturated rings. The molecular weight excluding hydrogens is 226 g/mol. The summed E-state index contributed by atoms with van der Waals surface area (Å²) in [5, 5.41) is 21.1. The van der Waals surface area contributed by atoms with E-state index in [1.165, 1.54) is 6.92 Å². The van der Waals surface area contributed by atoms with Gasteiger partial charge in [0.05, 0.1) is 6.54 Å². The maximum absolute atomic E-state index is 10.6. The number of benzene rings is 1. The Bertz CT molecular complexity index is 362. The Morgan fingerprint density at radius 2 is 2.00 bits per heavy atom. The molecule has 0 aliphatic rings. The van der Waals surface area contributed by atoms with Gasteiger partial charge in [0.15, 0.2) is 5.60 Å². The van der Waals surface area contributed by atoms with Gasteiger partial charge in [-0.15, -0.1) is 11.8 Å². The molecule has 0 saturated heterocycles. The molecule has 1 atom stereocenters. The number of hydrogen-bond donors (Lipinski definition) is 3. The van der Waals surface area contributed by atoms with Gasteiger partial charge in [-0.1, -0.05) is 0 Å². The van der Waals surface area contributed by atoms with Crippen LogP contribution in [0.25, 0.3) is 0 Å². The highest BCUT2D eigenvalue weighted by Gasteiger charge is 2.29. The number of rotatable bonds is 5. The minimum Gasteiger partial charge on any atom is -0.479 e. The van der Waals surface area contributed by atoms with Crippen LogP contribution in [0.4, 0.5) is 5.69 Å². The molecule has 88 valence electrons. The molecule has 1 rings (SSSR count). The Balaban J connectivity index is 2.58. The van der Waals surface area contributed by atoms with E-state index in [0.29, 0.717) is 0 Å². The Morgan fingerprint density at radius 3 is 2.44 bits per heavy atom. The molecule has 1 aromatic carbocycles. The summed E-state index contributed by atoms with van der Waals surface area (Å²) in [4.78, 5) is 11.8. The lowest BCUT2D eigenvalue weighted by atomic mass is 10.1. The topological polar surface area (TPSA) is 69.6 Å². The van der Waals surface area contributed by atoms with Crippen molar-refractivity contribution in [3.8, 4) is 0 Å². The molecule has 0 heterocycles. The minimum atomic E-state index is -1.75. The molecule has 1 aromatic rings. The molecule has 0 saturated carbocycles. The van der Waals surface area contributed by atoms with Gasteiger partial charge >= 0.3 is 5.97 Å². The zero-order valence-corrected chi connectivity index (χ0v) is 10.0. The second-order valence-corrected chi connectivity index (χ2v) is 4.54. The van der Waals surface area contributed by atoms with Crippen LogP contribution in [0.1, 0.15) is 6.92 Å². The molecule has 16 heavy (non-hydrogen) atoms. The van der Waals surface area contributed by atoms with Gasteiger partial charge in [-0.05, 0) is 37.4 Å². The van der Waals surface area contributed by atoms with Gasteiger partial charge in [0.1, 0.15) is 0 Å². The van der Waals surface area contributed by atoms with Crippen LogP contribution in [0.3, 0.4) is 0 Å². The van der Waals surface area contributed by atoms with E-state index >= 15 is 0 Å². The smallest absolute Gasteiger partial charge is 0.337 e. The highest BCUT2D eigenvalue weighted by Crippen LogP contribution is 2.18. The maximum Gasteiger partial charge on any atom is 0.337 e. The molecule has 0 aliphatic carbocycles. The molecule has 1 unspecified atom stereocenters. The number of carboxylic acids is 1. The summed E-state index contributed by atoms with van der Waals surface area (Å²) in [5.74, 6) is -1.24. The normalized spacial score (nSPS) is 14.2. The van der Waals surface area contributed by atoms with Crippen molar-refractivity contribution in [2.75, 3.05) is 18.1 Å². The van der Waals surface area contributed by atoms with E-state index in [9.17, 15) is 9.90 Å². The number of aliphatic carboxylic acids is 1. The van der Waals surface area contributed by atoms with E-state index in [-0.39, 0.29) is 6.54 Å². The van der Waals surface area contributed by atoms with Gasteiger partial charge in [-0.3, -0.25) is 0 Å². The summed E-state index contributed by atoms with van der Waals surface area (Å²) in [5.41, 5.74) is -0.961. The summed E-state index contributed by atoms with van der Waals surface area (Å²) in [6, 6.07) is 7.57. The number of hydrogen-bond acceptors (Lipinski definition) is 4. The number of carboxylic acid groups (broad SMARTS) is 1. The molecule has 4 nitrogen and oxygen atoms in total. The van der Waals surface area contributed by atoms with Crippen LogP contribution in [0, 0.1) is 0 Å². The van der Waals surface area contributed by atoms with Crippen LogP contribution in [0.15, 0.2) is 29.2 Å². The number of nitrogens with one attached hydrogen (secondary N) is 1. The lowest BCUT2D eigenvalue weighted by Crippen LogP contribution is -2.41. The van der Waals surface area contributed by atoms with Gasteiger partial charge in [-0.25, -0.2) is 4.79 Å². The van der Waals surface area contributed by atoms with E-state index in [1.807, 2.05) is 30.5 Å². The van der Waals surface area contributed by atoms with Gasteiger partial charge in [-0.2, -0.15) is 0 Å². The molecule has 0 aliphatic heterocycles. The average Bonchev–Trinajstić information content (AvgIpc) is 2.27. The van der Waals surface area contributed by atoms with Crippen LogP contribution in [0.2, 0.25) is 0 Å². The van der Waals surface area contributed by atoms with Gasteiger partial charge in [0.25, 0.3) is 0 Å². The van der Waals surface area contributed by atoms with Crippen molar-refractivity contribution in [1.82, 2.24) is 0 Å². The summed E-state index contributed by atoms with van der Waals surface area (Å²) in [6.45, 7) is 1.24.